The van der Waals surface area contributed by atoms with E-state index >= 15 is 0 Å². The van der Waals surface area contributed by atoms with Crippen LogP contribution in [0.3, 0.4) is 0 Å². The molecule has 1 aliphatic heterocycles. The number of nitrogens with zero attached hydrogens (tertiary/aromatic N) is 2. The van der Waals surface area contributed by atoms with Gasteiger partial charge in [0.25, 0.3) is 5.69 Å². The molecule has 1 N–H and O–H groups in total. The summed E-state index contributed by atoms with van der Waals surface area (Å²) in [5.74, 6) is -0.561. The molecule has 2 atom stereocenters. The van der Waals surface area contributed by atoms with Gasteiger partial charge in [-0.15, -0.1) is 0 Å². The minimum absolute atomic E-state index is 0.0159. The summed E-state index contributed by atoms with van der Waals surface area (Å²) in [7, 11) is 0. The smallest absolute Gasteiger partial charge is 0.269 e. The van der Waals surface area contributed by atoms with Gasteiger partial charge in [-0.3, -0.25) is 14.9 Å². The van der Waals surface area contributed by atoms with E-state index in [1.807, 2.05) is 0 Å². The summed E-state index contributed by atoms with van der Waals surface area (Å²) in [5.41, 5.74) is -0.242. The summed E-state index contributed by atoms with van der Waals surface area (Å²) in [5, 5.41) is 20.9. The summed E-state index contributed by atoms with van der Waals surface area (Å²) in [6, 6.07) is 6.15. The van der Waals surface area contributed by atoms with Crippen molar-refractivity contribution in [1.29, 1.82) is 0 Å². The molecule has 0 radical (unpaired) electrons. The fourth-order valence-electron chi connectivity index (χ4n) is 2.73. The molecule has 1 fully saturated rings. The Bertz CT molecular complexity index is 556. The van der Waals surface area contributed by atoms with Gasteiger partial charge in [0, 0.05) is 25.2 Å². The minimum atomic E-state index is -0.851. The van der Waals surface area contributed by atoms with Crippen LogP contribution in [-0.4, -0.2) is 39.5 Å². The number of carbonyl (C=O) groups is 1. The lowest BCUT2D eigenvalue weighted by atomic mass is 9.92. The number of rotatable bonds is 3. The van der Waals surface area contributed by atoms with Gasteiger partial charge in [-0.1, -0.05) is 12.1 Å². The van der Waals surface area contributed by atoms with E-state index in [0.717, 1.165) is 6.42 Å². The Morgan fingerprint density at radius 2 is 2.24 bits per heavy atom. The van der Waals surface area contributed by atoms with E-state index in [9.17, 15) is 20.0 Å². The van der Waals surface area contributed by atoms with Crippen molar-refractivity contribution in [2.24, 2.45) is 0 Å². The molecule has 1 heterocycles. The molecular weight excluding hydrogens is 272 g/mol. The van der Waals surface area contributed by atoms with E-state index in [-0.39, 0.29) is 11.6 Å². The molecule has 1 aromatic carbocycles. The van der Waals surface area contributed by atoms with Crippen LogP contribution in [0.2, 0.25) is 0 Å². The van der Waals surface area contributed by atoms with Crippen LogP contribution in [0, 0.1) is 10.1 Å². The van der Waals surface area contributed by atoms with Crippen LogP contribution in [0.5, 0.6) is 0 Å². The number of nitro benzene ring substituents is 1. The number of hydrogen-bond acceptors (Lipinski definition) is 4. The third-order valence-corrected chi connectivity index (χ3v) is 3.94. The average molecular weight is 292 g/mol. The Morgan fingerprint density at radius 1 is 1.52 bits per heavy atom. The van der Waals surface area contributed by atoms with Gasteiger partial charge in [-0.2, -0.15) is 0 Å². The number of piperidine rings is 1. The molecule has 6 heteroatoms. The van der Waals surface area contributed by atoms with Gasteiger partial charge in [0.05, 0.1) is 16.4 Å². The topological polar surface area (TPSA) is 83.7 Å². The number of hydrogen-bond donors (Lipinski definition) is 1. The molecule has 1 saturated heterocycles. The summed E-state index contributed by atoms with van der Waals surface area (Å²) in [6.07, 6.45) is 1.45. The Kier molecular flexibility index (Phi) is 4.27. The highest BCUT2D eigenvalue weighted by molar-refractivity contribution is 5.83. The van der Waals surface area contributed by atoms with E-state index in [0.29, 0.717) is 25.1 Å². The zero-order valence-electron chi connectivity index (χ0n) is 12.3. The highest BCUT2D eigenvalue weighted by Gasteiger charge is 2.33. The summed E-state index contributed by atoms with van der Waals surface area (Å²) in [6.45, 7) is 4.40. The number of benzene rings is 1. The molecule has 6 nitrogen and oxygen atoms in total. The van der Waals surface area contributed by atoms with Crippen molar-refractivity contribution >= 4 is 11.6 Å². The lowest BCUT2D eigenvalue weighted by Gasteiger charge is -2.38. The molecule has 21 heavy (non-hydrogen) atoms. The zero-order valence-corrected chi connectivity index (χ0v) is 12.3. The molecule has 1 amide bonds. The highest BCUT2D eigenvalue weighted by Crippen LogP contribution is 2.26. The van der Waals surface area contributed by atoms with Crippen molar-refractivity contribution in [3.63, 3.8) is 0 Å². The molecule has 2 rings (SSSR count). The predicted octanol–water partition coefficient (Wildman–Crippen LogP) is 2.07. The Labute approximate surface area is 123 Å². The first-order valence-electron chi connectivity index (χ1n) is 7.06. The second-order valence-corrected chi connectivity index (χ2v) is 5.93. The van der Waals surface area contributed by atoms with Gasteiger partial charge < -0.3 is 10.0 Å². The van der Waals surface area contributed by atoms with Crippen LogP contribution >= 0.6 is 0 Å². The average Bonchev–Trinajstić information content (AvgIpc) is 2.44. The molecule has 1 aromatic rings. The standard InChI is InChI=1S/C15H20N2O4/c1-11(12-5-3-6-13(9-12)17(20)21)14(18)16-8-4-7-15(2,19)10-16/h3,5-6,9,11,19H,4,7-8,10H2,1-2H3. The molecule has 0 aromatic heterocycles. The summed E-state index contributed by atoms with van der Waals surface area (Å²) < 4.78 is 0. The largest absolute Gasteiger partial charge is 0.388 e. The van der Waals surface area contributed by atoms with E-state index in [1.165, 1.54) is 12.1 Å². The van der Waals surface area contributed by atoms with Crippen molar-refractivity contribution in [2.75, 3.05) is 13.1 Å². The van der Waals surface area contributed by atoms with Crippen LogP contribution in [-0.2, 0) is 4.79 Å². The van der Waals surface area contributed by atoms with Crippen molar-refractivity contribution < 1.29 is 14.8 Å². The van der Waals surface area contributed by atoms with Crippen molar-refractivity contribution in [1.82, 2.24) is 4.90 Å². The Balaban J connectivity index is 2.15. The van der Waals surface area contributed by atoms with Gasteiger partial charge in [-0.05, 0) is 32.3 Å². The van der Waals surface area contributed by atoms with Crippen molar-refractivity contribution in [3.8, 4) is 0 Å². The number of likely N-dealkylation sites (tertiary alicyclic amines) is 1. The quantitative estimate of drug-likeness (QED) is 0.683. The molecular formula is C15H20N2O4. The van der Waals surface area contributed by atoms with Crippen molar-refractivity contribution in [3.05, 3.63) is 39.9 Å². The Hall–Kier alpha value is -1.95. The maximum absolute atomic E-state index is 12.5. The molecule has 0 aliphatic carbocycles. The van der Waals surface area contributed by atoms with Gasteiger partial charge in [0.1, 0.15) is 0 Å². The predicted molar refractivity (Wildman–Crippen MR) is 77.9 cm³/mol. The van der Waals surface area contributed by atoms with Crippen LogP contribution in [0.1, 0.15) is 38.2 Å². The first kappa shape index (κ1) is 15.4. The van der Waals surface area contributed by atoms with E-state index in [1.54, 1.807) is 30.9 Å². The second-order valence-electron chi connectivity index (χ2n) is 5.93. The van der Waals surface area contributed by atoms with Gasteiger partial charge in [0.15, 0.2) is 0 Å². The van der Waals surface area contributed by atoms with Crippen LogP contribution in [0.25, 0.3) is 0 Å². The highest BCUT2D eigenvalue weighted by atomic mass is 16.6. The monoisotopic (exact) mass is 292 g/mol. The molecule has 2 unspecified atom stereocenters. The number of β-amino-alcohol motifs (C(OH)–C–C–N with tert-alkyl or cyclic N) is 1. The molecule has 1 aliphatic rings. The van der Waals surface area contributed by atoms with Crippen molar-refractivity contribution in [2.45, 2.75) is 38.2 Å². The number of carbonyl (C=O) groups excluding carboxylic acids is 1. The van der Waals surface area contributed by atoms with E-state index < -0.39 is 16.4 Å². The second kappa shape index (κ2) is 5.81. The normalized spacial score (nSPS) is 23.7. The van der Waals surface area contributed by atoms with Crippen LogP contribution < -0.4 is 0 Å². The van der Waals surface area contributed by atoms with Crippen LogP contribution in [0.4, 0.5) is 5.69 Å². The SMILES string of the molecule is CC(C(=O)N1CCCC(C)(O)C1)c1cccc([N+](=O)[O-])c1. The van der Waals surface area contributed by atoms with Crippen LogP contribution in [0.15, 0.2) is 24.3 Å². The number of aliphatic hydroxyl groups is 1. The first-order chi connectivity index (χ1) is 9.80. The number of amides is 1. The fourth-order valence-corrected chi connectivity index (χ4v) is 2.73. The zero-order chi connectivity index (χ0) is 15.6. The maximum Gasteiger partial charge on any atom is 0.269 e. The minimum Gasteiger partial charge on any atom is -0.388 e. The Morgan fingerprint density at radius 3 is 2.86 bits per heavy atom. The number of nitro groups is 1. The van der Waals surface area contributed by atoms with Gasteiger partial charge in [-0.25, -0.2) is 0 Å². The number of non-ortho nitro benzene ring substituents is 1. The molecule has 114 valence electrons. The maximum atomic E-state index is 12.5. The van der Waals surface area contributed by atoms with E-state index in [4.69, 9.17) is 0 Å². The molecule has 0 bridgehead atoms. The lowest BCUT2D eigenvalue weighted by Crippen LogP contribution is -2.49. The van der Waals surface area contributed by atoms with Gasteiger partial charge in [0.2, 0.25) is 5.91 Å². The first-order valence-corrected chi connectivity index (χ1v) is 7.06. The third-order valence-electron chi connectivity index (χ3n) is 3.94. The summed E-state index contributed by atoms with van der Waals surface area (Å²) >= 11 is 0. The molecule has 0 spiro atoms. The third kappa shape index (κ3) is 3.58. The lowest BCUT2D eigenvalue weighted by molar-refractivity contribution is -0.384. The fraction of sp³-hybridized carbons (Fsp3) is 0.533. The molecule has 0 saturated carbocycles. The van der Waals surface area contributed by atoms with Gasteiger partial charge >= 0.3 is 0 Å². The summed E-state index contributed by atoms with van der Waals surface area (Å²) in [4.78, 5) is 24.5. The van der Waals surface area contributed by atoms with E-state index in [2.05, 4.69) is 0 Å².